The lowest BCUT2D eigenvalue weighted by Crippen LogP contribution is -2.40. The molecule has 1 heterocycles. The lowest BCUT2D eigenvalue weighted by molar-refractivity contribution is -0.137. The Balaban J connectivity index is 2.56. The topological polar surface area (TPSA) is 81.3 Å². The number of aromatic nitrogens is 2. The van der Waals surface area contributed by atoms with Gasteiger partial charge in [0.05, 0.1) is 0 Å². The molecule has 7 heteroatoms. The molecule has 0 fully saturated rings. The minimum absolute atomic E-state index is 0.527. The fourth-order valence-corrected chi connectivity index (χ4v) is 2.00. The van der Waals surface area contributed by atoms with E-state index in [9.17, 15) is 14.4 Å². The zero-order valence-corrected chi connectivity index (χ0v) is 11.2. The maximum absolute atomic E-state index is 11.9. The van der Waals surface area contributed by atoms with Gasteiger partial charge in [-0.2, -0.15) is 0 Å². The summed E-state index contributed by atoms with van der Waals surface area (Å²) in [7, 11) is 0. The van der Waals surface area contributed by atoms with Crippen molar-refractivity contribution in [2.75, 3.05) is 0 Å². The van der Waals surface area contributed by atoms with E-state index in [-0.39, 0.29) is 0 Å². The van der Waals surface area contributed by atoms with Gasteiger partial charge in [0.2, 0.25) is 0 Å². The first-order valence-corrected chi connectivity index (χ1v) is 6.08. The standard InChI is InChI=1S/C12H9BrN2O4/c13-8-2-1-3-9(6-8)15-5-4-14(7-10(16)17)11(18)12(15)19/h1-6H,7H2,(H,16,17). The molecule has 1 aromatic carbocycles. The fraction of sp³-hybridized carbons (Fsp3) is 0.0833. The minimum atomic E-state index is -1.18. The minimum Gasteiger partial charge on any atom is -0.480 e. The van der Waals surface area contributed by atoms with Gasteiger partial charge in [0.1, 0.15) is 6.54 Å². The van der Waals surface area contributed by atoms with Gasteiger partial charge in [-0.15, -0.1) is 0 Å². The number of halogens is 1. The number of aliphatic carboxylic acids is 1. The third kappa shape index (κ3) is 2.82. The van der Waals surface area contributed by atoms with Crippen molar-refractivity contribution in [2.24, 2.45) is 0 Å². The van der Waals surface area contributed by atoms with Crippen LogP contribution in [0, 0.1) is 0 Å². The summed E-state index contributed by atoms with van der Waals surface area (Å²) in [6.45, 7) is -0.534. The predicted molar refractivity (Wildman–Crippen MR) is 71.6 cm³/mol. The number of rotatable bonds is 3. The number of benzene rings is 1. The van der Waals surface area contributed by atoms with Gasteiger partial charge in [0, 0.05) is 22.6 Å². The van der Waals surface area contributed by atoms with Gasteiger partial charge < -0.3 is 5.11 Å². The quantitative estimate of drug-likeness (QED) is 0.848. The molecule has 0 saturated heterocycles. The zero-order chi connectivity index (χ0) is 14.0. The van der Waals surface area contributed by atoms with Crippen LogP contribution in [-0.2, 0) is 11.3 Å². The molecule has 0 saturated carbocycles. The van der Waals surface area contributed by atoms with Crippen LogP contribution in [0.2, 0.25) is 0 Å². The molecule has 2 aromatic rings. The first-order valence-electron chi connectivity index (χ1n) is 5.29. The highest BCUT2D eigenvalue weighted by Crippen LogP contribution is 2.13. The molecule has 0 amide bonds. The van der Waals surface area contributed by atoms with E-state index in [1.165, 1.54) is 17.0 Å². The maximum Gasteiger partial charge on any atom is 0.323 e. The molecule has 98 valence electrons. The van der Waals surface area contributed by atoms with Crippen LogP contribution >= 0.6 is 15.9 Å². The summed E-state index contributed by atoms with van der Waals surface area (Å²) in [5.41, 5.74) is -1.13. The molecule has 0 aliphatic carbocycles. The Morgan fingerprint density at radius 1 is 1.21 bits per heavy atom. The molecular formula is C12H9BrN2O4. The van der Waals surface area contributed by atoms with Crippen LogP contribution in [0.1, 0.15) is 0 Å². The van der Waals surface area contributed by atoms with Gasteiger partial charge in [-0.1, -0.05) is 22.0 Å². The third-order valence-corrected chi connectivity index (χ3v) is 2.94. The molecule has 0 aliphatic rings. The van der Waals surface area contributed by atoms with Crippen molar-refractivity contribution < 1.29 is 9.90 Å². The number of nitrogens with zero attached hydrogens (tertiary/aromatic N) is 2. The highest BCUT2D eigenvalue weighted by atomic mass is 79.9. The first kappa shape index (κ1) is 13.3. The van der Waals surface area contributed by atoms with Gasteiger partial charge >= 0.3 is 17.1 Å². The molecule has 1 N–H and O–H groups in total. The smallest absolute Gasteiger partial charge is 0.323 e. The van der Waals surface area contributed by atoms with E-state index in [2.05, 4.69) is 15.9 Å². The van der Waals surface area contributed by atoms with E-state index in [1.54, 1.807) is 24.3 Å². The predicted octanol–water partition coefficient (Wildman–Crippen LogP) is 0.846. The van der Waals surface area contributed by atoms with Gasteiger partial charge in [-0.05, 0) is 18.2 Å². The summed E-state index contributed by atoms with van der Waals surface area (Å²) in [4.78, 5) is 34.2. The van der Waals surface area contributed by atoms with Crippen LogP contribution in [0.3, 0.4) is 0 Å². The molecular weight excluding hydrogens is 316 g/mol. The van der Waals surface area contributed by atoms with Crippen molar-refractivity contribution >= 4 is 21.9 Å². The summed E-state index contributed by atoms with van der Waals surface area (Å²) in [6.07, 6.45) is 2.65. The van der Waals surface area contributed by atoms with Crippen molar-refractivity contribution in [2.45, 2.75) is 6.54 Å². The molecule has 0 bridgehead atoms. The van der Waals surface area contributed by atoms with Crippen molar-refractivity contribution in [1.29, 1.82) is 0 Å². The SMILES string of the molecule is O=C(O)Cn1ccn(-c2cccc(Br)c2)c(=O)c1=O. The number of carbonyl (C=O) groups is 1. The van der Waals surface area contributed by atoms with Gasteiger partial charge in [0.25, 0.3) is 0 Å². The van der Waals surface area contributed by atoms with Crippen LogP contribution < -0.4 is 11.1 Å². The Kier molecular flexibility index (Phi) is 3.66. The highest BCUT2D eigenvalue weighted by Gasteiger charge is 2.08. The molecule has 19 heavy (non-hydrogen) atoms. The van der Waals surface area contributed by atoms with E-state index >= 15 is 0 Å². The second-order valence-corrected chi connectivity index (χ2v) is 4.70. The lowest BCUT2D eigenvalue weighted by atomic mass is 10.3. The molecule has 6 nitrogen and oxygen atoms in total. The van der Waals surface area contributed by atoms with Crippen molar-refractivity contribution in [3.8, 4) is 5.69 Å². The second-order valence-electron chi connectivity index (χ2n) is 3.78. The molecule has 0 atom stereocenters. The Hall–Kier alpha value is -2.15. The number of hydrogen-bond donors (Lipinski definition) is 1. The van der Waals surface area contributed by atoms with E-state index < -0.39 is 23.6 Å². The molecule has 0 radical (unpaired) electrons. The normalized spacial score (nSPS) is 10.4. The maximum atomic E-state index is 11.9. The van der Waals surface area contributed by atoms with Crippen LogP contribution in [0.25, 0.3) is 5.69 Å². The summed E-state index contributed by atoms with van der Waals surface area (Å²) < 4.78 is 2.80. The third-order valence-electron chi connectivity index (χ3n) is 2.45. The fourth-order valence-electron chi connectivity index (χ4n) is 1.61. The summed E-state index contributed by atoms with van der Waals surface area (Å²) >= 11 is 3.27. The highest BCUT2D eigenvalue weighted by molar-refractivity contribution is 9.10. The second kappa shape index (κ2) is 5.23. The van der Waals surface area contributed by atoms with E-state index in [0.717, 1.165) is 9.04 Å². The average molecular weight is 325 g/mol. The molecule has 0 aliphatic heterocycles. The van der Waals surface area contributed by atoms with Crippen LogP contribution in [0.5, 0.6) is 0 Å². The van der Waals surface area contributed by atoms with Crippen molar-refractivity contribution in [1.82, 2.24) is 9.13 Å². The molecule has 0 unspecified atom stereocenters. The average Bonchev–Trinajstić information content (AvgIpc) is 2.35. The van der Waals surface area contributed by atoms with Crippen LogP contribution in [0.4, 0.5) is 0 Å². The number of hydrogen-bond acceptors (Lipinski definition) is 3. The largest absolute Gasteiger partial charge is 0.480 e. The van der Waals surface area contributed by atoms with E-state index in [0.29, 0.717) is 5.69 Å². The molecule has 0 spiro atoms. The van der Waals surface area contributed by atoms with Gasteiger partial charge in [-0.25, -0.2) is 0 Å². The summed E-state index contributed by atoms with van der Waals surface area (Å²) in [5.74, 6) is -1.18. The number of carboxylic acids is 1. The van der Waals surface area contributed by atoms with Crippen molar-refractivity contribution in [3.05, 3.63) is 61.8 Å². The Bertz CT molecular complexity index is 748. The zero-order valence-electron chi connectivity index (χ0n) is 9.62. The van der Waals surface area contributed by atoms with Gasteiger partial charge in [0.15, 0.2) is 0 Å². The Morgan fingerprint density at radius 2 is 1.95 bits per heavy atom. The number of carboxylic acid groups (broad SMARTS) is 1. The first-order chi connectivity index (χ1) is 8.99. The monoisotopic (exact) mass is 324 g/mol. The molecule has 1 aromatic heterocycles. The van der Waals surface area contributed by atoms with Crippen molar-refractivity contribution in [3.63, 3.8) is 0 Å². The van der Waals surface area contributed by atoms with Crippen LogP contribution in [0.15, 0.2) is 50.7 Å². The van der Waals surface area contributed by atoms with E-state index in [1.807, 2.05) is 0 Å². The van der Waals surface area contributed by atoms with Crippen LogP contribution in [-0.4, -0.2) is 20.2 Å². The lowest BCUT2D eigenvalue weighted by Gasteiger charge is -2.07. The molecule has 2 rings (SSSR count). The Labute approximate surface area is 115 Å². The van der Waals surface area contributed by atoms with E-state index in [4.69, 9.17) is 5.11 Å². The summed E-state index contributed by atoms with van der Waals surface area (Å²) in [5, 5.41) is 8.63. The summed E-state index contributed by atoms with van der Waals surface area (Å²) in [6, 6.07) is 6.88. The Morgan fingerprint density at radius 3 is 2.58 bits per heavy atom. The van der Waals surface area contributed by atoms with Gasteiger partial charge in [-0.3, -0.25) is 23.5 Å².